The van der Waals surface area contributed by atoms with Gasteiger partial charge in [0.2, 0.25) is 0 Å². The summed E-state index contributed by atoms with van der Waals surface area (Å²) in [5, 5.41) is 0. The van der Waals surface area contributed by atoms with Crippen molar-refractivity contribution in [1.82, 2.24) is 4.57 Å². The Morgan fingerprint density at radius 1 is 0.742 bits per heavy atom. The van der Waals surface area contributed by atoms with E-state index in [1.807, 2.05) is 45.9 Å². The molecule has 0 N–H and O–H groups in total. The molecule has 4 rings (SSSR count). The second-order valence-electron chi connectivity index (χ2n) is 9.18. The molecule has 0 bridgehead atoms. The molecule has 0 amide bonds. The highest BCUT2D eigenvalue weighted by Gasteiger charge is 2.31. The number of para-hydroxylation sites is 2. The Balaban J connectivity index is 2.22. The Kier molecular flexibility index (Phi) is 5.07. The number of hydrogen-bond donors (Lipinski definition) is 0. The summed E-state index contributed by atoms with van der Waals surface area (Å²) in [6, 6.07) is 23.0. The fourth-order valence-electron chi connectivity index (χ4n) is 4.65. The van der Waals surface area contributed by atoms with Gasteiger partial charge in [-0.05, 0) is 47.2 Å². The summed E-state index contributed by atoms with van der Waals surface area (Å²) in [7, 11) is 2.11. The third-order valence-corrected chi connectivity index (χ3v) is 6.09. The molecule has 1 heterocycles. The van der Waals surface area contributed by atoms with Crippen molar-refractivity contribution >= 4 is 11.0 Å². The highest BCUT2D eigenvalue weighted by atomic mass is 15.2. The van der Waals surface area contributed by atoms with E-state index in [4.69, 9.17) is 2.74 Å². The van der Waals surface area contributed by atoms with E-state index < -0.39 is 11.8 Å². The van der Waals surface area contributed by atoms with Gasteiger partial charge < -0.3 is 0 Å². The number of rotatable bonds is 5. The summed E-state index contributed by atoms with van der Waals surface area (Å²) in [4.78, 5) is 0. The van der Waals surface area contributed by atoms with Gasteiger partial charge >= 0.3 is 0 Å². The Bertz CT molecular complexity index is 1270. The van der Waals surface area contributed by atoms with E-state index >= 15 is 0 Å². The van der Waals surface area contributed by atoms with Crippen LogP contribution in [0.5, 0.6) is 0 Å². The summed E-state index contributed by atoms with van der Waals surface area (Å²) in [5.74, 6) is -0.268. The molecule has 4 aromatic rings. The molecule has 0 radical (unpaired) electrons. The van der Waals surface area contributed by atoms with E-state index in [-0.39, 0.29) is 5.92 Å². The lowest BCUT2D eigenvalue weighted by Gasteiger charge is -2.21. The van der Waals surface area contributed by atoms with Gasteiger partial charge in [0.15, 0.2) is 11.0 Å². The van der Waals surface area contributed by atoms with Crippen LogP contribution in [0, 0.1) is 0 Å². The van der Waals surface area contributed by atoms with Crippen molar-refractivity contribution in [3.05, 3.63) is 83.7 Å². The predicted molar refractivity (Wildman–Crippen MR) is 132 cm³/mol. The van der Waals surface area contributed by atoms with E-state index in [0.29, 0.717) is 0 Å². The number of fused-ring (bicyclic) bond motifs is 1. The average Bonchev–Trinajstić information content (AvgIpc) is 3.05. The monoisotopic (exact) mass is 413 g/mol. The molecule has 1 aromatic heterocycles. The average molecular weight is 414 g/mol. The van der Waals surface area contributed by atoms with Gasteiger partial charge in [-0.2, -0.15) is 4.57 Å². The Morgan fingerprint density at radius 3 is 1.84 bits per heavy atom. The number of nitrogens with zero attached hydrogens (tertiary/aromatic N) is 2. The molecular weight excluding hydrogens is 376 g/mol. The van der Waals surface area contributed by atoms with Crippen LogP contribution in [0.2, 0.25) is 0 Å². The summed E-state index contributed by atoms with van der Waals surface area (Å²) in [6.45, 7) is 12.2. The molecule has 0 saturated carbocycles. The van der Waals surface area contributed by atoms with Gasteiger partial charge in [0.1, 0.15) is 5.69 Å². The maximum Gasteiger partial charge on any atom is 0.265 e. The van der Waals surface area contributed by atoms with Gasteiger partial charge in [0.05, 0.1) is 13.0 Å². The van der Waals surface area contributed by atoms with Crippen molar-refractivity contribution in [2.75, 3.05) is 0 Å². The van der Waals surface area contributed by atoms with Crippen LogP contribution in [-0.2, 0) is 7.05 Å². The van der Waals surface area contributed by atoms with Gasteiger partial charge in [-0.3, -0.25) is 0 Å². The van der Waals surface area contributed by atoms with Crippen molar-refractivity contribution in [3.63, 3.8) is 0 Å². The van der Waals surface area contributed by atoms with Crippen LogP contribution in [0.15, 0.2) is 66.7 Å². The lowest BCUT2D eigenvalue weighted by molar-refractivity contribution is -0.654. The summed E-state index contributed by atoms with van der Waals surface area (Å²) < 4.78 is 22.8. The van der Waals surface area contributed by atoms with Crippen LogP contribution in [-0.4, -0.2) is 4.57 Å². The van der Waals surface area contributed by atoms with Crippen molar-refractivity contribution < 1.29 is 7.31 Å². The number of aryl methyl sites for hydroxylation is 1. The zero-order valence-electron chi connectivity index (χ0n) is 21.8. The van der Waals surface area contributed by atoms with Crippen molar-refractivity contribution in [3.8, 4) is 16.8 Å². The van der Waals surface area contributed by atoms with Crippen molar-refractivity contribution in [1.29, 1.82) is 0 Å². The SMILES string of the molecule is [2H]C(C)(C)c1cc(-c2ccccc2)cc(C([2H])(C)C)c1-n1c(C(C)C)[n+](C)c2ccccc21. The molecule has 0 fully saturated rings. The second kappa shape index (κ2) is 8.34. The van der Waals surface area contributed by atoms with Crippen LogP contribution >= 0.6 is 0 Å². The van der Waals surface area contributed by atoms with Crippen LogP contribution in [0.1, 0.15) is 78.9 Å². The maximum atomic E-state index is 9.13. The van der Waals surface area contributed by atoms with Gasteiger partial charge in [-0.25, -0.2) is 4.57 Å². The lowest BCUT2D eigenvalue weighted by Crippen LogP contribution is -2.34. The standard InChI is InChI=1S/C29H35N2/c1-19(2)24-17-23(22-13-9-8-10-14-22)18-25(20(3)4)28(24)31-27-16-12-11-15-26(27)30(7)29(31)21(5)6/h8-21H,1-7H3/q+1/i19D,20D. The van der Waals surface area contributed by atoms with E-state index in [0.717, 1.165) is 39.0 Å². The van der Waals surface area contributed by atoms with Gasteiger partial charge in [0, 0.05) is 13.9 Å². The minimum absolute atomic E-state index is 0.264. The first-order chi connectivity index (χ1) is 15.4. The van der Waals surface area contributed by atoms with E-state index in [9.17, 15) is 0 Å². The quantitative estimate of drug-likeness (QED) is 0.300. The van der Waals surface area contributed by atoms with Crippen molar-refractivity contribution in [2.45, 2.75) is 59.2 Å². The first-order valence-corrected chi connectivity index (χ1v) is 11.2. The Morgan fingerprint density at radius 2 is 1.29 bits per heavy atom. The highest BCUT2D eigenvalue weighted by Crippen LogP contribution is 2.38. The van der Waals surface area contributed by atoms with Crippen LogP contribution in [0.3, 0.4) is 0 Å². The molecule has 31 heavy (non-hydrogen) atoms. The molecule has 0 atom stereocenters. The molecule has 3 aromatic carbocycles. The molecule has 0 spiro atoms. The largest absolute Gasteiger partial charge is 0.265 e. The van der Waals surface area contributed by atoms with E-state index in [2.05, 4.69) is 78.6 Å². The first kappa shape index (κ1) is 18.9. The Labute approximate surface area is 190 Å². The fraction of sp³-hybridized carbons (Fsp3) is 0.345. The van der Waals surface area contributed by atoms with Crippen LogP contribution in [0.4, 0.5) is 0 Å². The third-order valence-electron chi connectivity index (χ3n) is 6.09. The minimum atomic E-state index is -0.849. The number of imidazole rings is 1. The zero-order valence-corrected chi connectivity index (χ0v) is 19.8. The van der Waals surface area contributed by atoms with E-state index in [1.165, 1.54) is 5.82 Å². The smallest absolute Gasteiger partial charge is 0.229 e. The van der Waals surface area contributed by atoms with Crippen LogP contribution < -0.4 is 4.57 Å². The van der Waals surface area contributed by atoms with Gasteiger partial charge in [-0.1, -0.05) is 84.0 Å². The third kappa shape index (κ3) is 3.69. The number of benzene rings is 3. The summed E-state index contributed by atoms with van der Waals surface area (Å²) in [5.41, 5.74) is 7.24. The summed E-state index contributed by atoms with van der Waals surface area (Å²) in [6.07, 6.45) is 0. The molecule has 160 valence electrons. The topological polar surface area (TPSA) is 8.81 Å². The van der Waals surface area contributed by atoms with Crippen molar-refractivity contribution in [2.24, 2.45) is 7.05 Å². The molecule has 0 aliphatic carbocycles. The van der Waals surface area contributed by atoms with Gasteiger partial charge in [0.25, 0.3) is 5.82 Å². The van der Waals surface area contributed by atoms with Gasteiger partial charge in [-0.15, -0.1) is 0 Å². The molecule has 0 aliphatic heterocycles. The normalized spacial score (nSPS) is 13.5. The van der Waals surface area contributed by atoms with Crippen LogP contribution in [0.25, 0.3) is 27.8 Å². The lowest BCUT2D eigenvalue weighted by atomic mass is 9.88. The summed E-state index contributed by atoms with van der Waals surface area (Å²) >= 11 is 0. The second-order valence-corrected chi connectivity index (χ2v) is 9.18. The molecule has 0 unspecified atom stereocenters. The molecule has 2 nitrogen and oxygen atoms in total. The molecular formula is C29H35N2+. The molecule has 2 heteroatoms. The molecule has 0 saturated heterocycles. The number of hydrogen-bond acceptors (Lipinski definition) is 0. The first-order valence-electron chi connectivity index (χ1n) is 12.2. The Hall–Kier alpha value is -2.87. The maximum absolute atomic E-state index is 9.13. The zero-order chi connectivity index (χ0) is 24.1. The molecule has 0 aliphatic rings. The minimum Gasteiger partial charge on any atom is -0.229 e. The highest BCUT2D eigenvalue weighted by molar-refractivity contribution is 5.78. The van der Waals surface area contributed by atoms with E-state index in [1.54, 1.807) is 0 Å². The predicted octanol–water partition coefficient (Wildman–Crippen LogP) is 7.49. The number of aromatic nitrogens is 2. The fourth-order valence-corrected chi connectivity index (χ4v) is 4.65.